The molecular weight excluding hydrogens is 656 g/mol. The summed E-state index contributed by atoms with van der Waals surface area (Å²) in [5, 5.41) is 17.1. The molecule has 5 nitrogen and oxygen atoms in total. The van der Waals surface area contributed by atoms with Gasteiger partial charge in [0.25, 0.3) is 0 Å². The average Bonchev–Trinajstić information content (AvgIpc) is 3.54. The van der Waals surface area contributed by atoms with Crippen molar-refractivity contribution in [1.82, 2.24) is 14.8 Å². The first-order valence-electron chi connectivity index (χ1n) is 12.9. The zero-order chi connectivity index (χ0) is 28.2. The molecule has 41 heavy (non-hydrogen) atoms. The third kappa shape index (κ3) is 4.44. The van der Waals surface area contributed by atoms with E-state index < -0.39 is 23.8 Å². The average molecular weight is 677 g/mol. The lowest BCUT2D eigenvalue weighted by Gasteiger charge is -2.29. The Bertz CT molecular complexity index is 1940. The van der Waals surface area contributed by atoms with E-state index in [-0.39, 0.29) is 6.61 Å². The molecule has 2 aromatic heterocycles. The van der Waals surface area contributed by atoms with Crippen LogP contribution in [0.2, 0.25) is 0 Å². The summed E-state index contributed by atoms with van der Waals surface area (Å²) in [5.41, 5.74) is 4.79. The number of halogens is 4. The summed E-state index contributed by atoms with van der Waals surface area (Å²) in [6.45, 7) is -0.0496. The van der Waals surface area contributed by atoms with Gasteiger partial charge in [0.2, 0.25) is 0 Å². The lowest BCUT2D eigenvalue weighted by Crippen LogP contribution is -2.24. The van der Waals surface area contributed by atoms with E-state index in [4.69, 9.17) is 9.84 Å². The minimum Gasteiger partial charge on any atom is -0.384 e. The van der Waals surface area contributed by atoms with Gasteiger partial charge in [-0.25, -0.2) is 13.5 Å². The number of hydrogen-bond acceptors (Lipinski definition) is 3. The quantitative estimate of drug-likeness (QED) is 0.197. The van der Waals surface area contributed by atoms with E-state index in [1.807, 2.05) is 54.6 Å². The normalized spacial score (nSPS) is 16.7. The lowest BCUT2D eigenvalue weighted by molar-refractivity contribution is -0.0172. The third-order valence-corrected chi connectivity index (χ3v) is 8.33. The van der Waals surface area contributed by atoms with Gasteiger partial charge in [0.1, 0.15) is 29.5 Å². The number of nitrogens with zero attached hydrogens (tertiary/aromatic N) is 2. The summed E-state index contributed by atoms with van der Waals surface area (Å²) >= 11 is 6.69. The smallest absolute Gasteiger partial charge is 0.132 e. The summed E-state index contributed by atoms with van der Waals surface area (Å²) in [6, 6.07) is 26.8. The van der Waals surface area contributed by atoms with Gasteiger partial charge in [-0.05, 0) is 42.5 Å². The number of aliphatic hydroxyl groups excluding tert-OH is 1. The number of ether oxygens (including phenoxy) is 1. The van der Waals surface area contributed by atoms with Crippen molar-refractivity contribution in [1.29, 1.82) is 0 Å². The van der Waals surface area contributed by atoms with Crippen molar-refractivity contribution in [3.63, 3.8) is 0 Å². The molecule has 204 valence electrons. The molecule has 0 saturated heterocycles. The number of rotatable bonds is 4. The minimum atomic E-state index is -1.03. The number of aromatic amines is 1. The van der Waals surface area contributed by atoms with Crippen LogP contribution in [-0.2, 0) is 4.74 Å². The van der Waals surface area contributed by atoms with Crippen LogP contribution < -0.4 is 0 Å². The van der Waals surface area contributed by atoms with Gasteiger partial charge in [-0.2, -0.15) is 5.10 Å². The van der Waals surface area contributed by atoms with Crippen molar-refractivity contribution in [3.8, 4) is 28.2 Å². The number of benzene rings is 4. The van der Waals surface area contributed by atoms with E-state index in [0.717, 1.165) is 16.6 Å². The largest absolute Gasteiger partial charge is 0.384 e. The second kappa shape index (κ2) is 10.3. The van der Waals surface area contributed by atoms with Crippen LogP contribution in [-0.4, -0.2) is 26.5 Å². The van der Waals surface area contributed by atoms with Crippen molar-refractivity contribution in [2.45, 2.75) is 12.2 Å². The van der Waals surface area contributed by atoms with Crippen LogP contribution in [0.3, 0.4) is 0 Å². The Labute approximate surface area is 250 Å². The Morgan fingerprint density at radius 2 is 1.59 bits per heavy atom. The minimum absolute atomic E-state index is 0.0496. The van der Waals surface area contributed by atoms with Gasteiger partial charge in [-0.15, -0.1) is 0 Å². The highest BCUT2D eigenvalue weighted by Gasteiger charge is 2.38. The lowest BCUT2D eigenvalue weighted by atomic mass is 9.91. The number of fused-ring (bicyclic) bond motifs is 2. The standard InChI is InChI=1S/C32H21Br2F2N3O2/c33-17-10-12-20(23(35)14-17)27-22-8-4-5-9-25(22)37-29(27)30-28-31(39(38-30)19-6-2-1-3-7-19)26(40)16-41-32(28)21-13-11-18(34)15-24(21)36/h1-15,26,32,37,40H,16H2/t26-,32-/m1/s1. The molecule has 0 saturated carbocycles. The summed E-state index contributed by atoms with van der Waals surface area (Å²) in [4.78, 5) is 3.45. The maximum absolute atomic E-state index is 15.6. The van der Waals surface area contributed by atoms with E-state index in [0.29, 0.717) is 48.3 Å². The van der Waals surface area contributed by atoms with E-state index >= 15 is 8.78 Å². The van der Waals surface area contributed by atoms with Crippen LogP contribution in [0.1, 0.15) is 29.0 Å². The number of para-hydroxylation sites is 2. The number of H-pyrrole nitrogens is 1. The van der Waals surface area contributed by atoms with Gasteiger partial charge >= 0.3 is 0 Å². The van der Waals surface area contributed by atoms with Crippen molar-refractivity contribution in [2.75, 3.05) is 6.61 Å². The Balaban J connectivity index is 1.58. The molecule has 3 heterocycles. The topological polar surface area (TPSA) is 63.1 Å². The van der Waals surface area contributed by atoms with Gasteiger partial charge in [0.05, 0.1) is 23.7 Å². The highest BCUT2D eigenvalue weighted by Crippen LogP contribution is 2.47. The highest BCUT2D eigenvalue weighted by molar-refractivity contribution is 9.10. The van der Waals surface area contributed by atoms with Gasteiger partial charge in [-0.3, -0.25) is 0 Å². The molecule has 2 N–H and O–H groups in total. The molecule has 0 amide bonds. The second-order valence-corrected chi connectivity index (χ2v) is 11.7. The maximum Gasteiger partial charge on any atom is 0.132 e. The van der Waals surface area contributed by atoms with Crippen LogP contribution in [0.5, 0.6) is 0 Å². The van der Waals surface area contributed by atoms with Crippen LogP contribution in [0, 0.1) is 11.6 Å². The summed E-state index contributed by atoms with van der Waals surface area (Å²) in [5.74, 6) is -0.866. The fourth-order valence-electron chi connectivity index (χ4n) is 5.57. The first kappa shape index (κ1) is 26.3. The molecule has 0 unspecified atom stereocenters. The number of aliphatic hydroxyl groups is 1. The molecule has 0 radical (unpaired) electrons. The number of nitrogens with one attached hydrogen (secondary N) is 1. The summed E-state index contributed by atoms with van der Waals surface area (Å²) in [6.07, 6.45) is -1.90. The van der Waals surface area contributed by atoms with Gasteiger partial charge in [-0.1, -0.05) is 80.4 Å². The fraction of sp³-hybridized carbons (Fsp3) is 0.0938. The van der Waals surface area contributed by atoms with E-state index in [1.165, 1.54) is 12.1 Å². The second-order valence-electron chi connectivity index (χ2n) is 9.83. The number of hydrogen-bond donors (Lipinski definition) is 2. The molecule has 0 bridgehead atoms. The molecule has 4 aromatic carbocycles. The first-order chi connectivity index (χ1) is 19.9. The van der Waals surface area contributed by atoms with Crippen LogP contribution in [0.25, 0.3) is 39.1 Å². The van der Waals surface area contributed by atoms with Crippen LogP contribution >= 0.6 is 31.9 Å². The highest BCUT2D eigenvalue weighted by atomic mass is 79.9. The molecule has 9 heteroatoms. The Morgan fingerprint density at radius 3 is 2.34 bits per heavy atom. The Hall–Kier alpha value is -3.63. The van der Waals surface area contributed by atoms with Gasteiger partial charge in [0.15, 0.2) is 0 Å². The molecule has 1 aliphatic heterocycles. The van der Waals surface area contributed by atoms with E-state index in [1.54, 1.807) is 28.9 Å². The molecule has 0 spiro atoms. The van der Waals surface area contributed by atoms with Crippen molar-refractivity contribution in [2.24, 2.45) is 0 Å². The molecular formula is C32H21Br2F2N3O2. The molecule has 6 aromatic rings. The van der Waals surface area contributed by atoms with Gasteiger partial charge in [0, 0.05) is 42.1 Å². The van der Waals surface area contributed by atoms with E-state index in [9.17, 15) is 5.11 Å². The van der Waals surface area contributed by atoms with Crippen LogP contribution in [0.4, 0.5) is 8.78 Å². The molecule has 0 aliphatic carbocycles. The Kier molecular flexibility index (Phi) is 6.62. The van der Waals surface area contributed by atoms with Crippen molar-refractivity contribution in [3.05, 3.63) is 128 Å². The summed E-state index contributed by atoms with van der Waals surface area (Å²) in [7, 11) is 0. The molecule has 7 rings (SSSR count). The predicted octanol–water partition coefficient (Wildman–Crippen LogP) is 8.64. The molecule has 1 aliphatic rings. The van der Waals surface area contributed by atoms with Gasteiger partial charge < -0.3 is 14.8 Å². The monoisotopic (exact) mass is 675 g/mol. The number of aromatic nitrogens is 3. The third-order valence-electron chi connectivity index (χ3n) is 7.35. The zero-order valence-corrected chi connectivity index (χ0v) is 24.5. The summed E-state index contributed by atoms with van der Waals surface area (Å²) < 4.78 is 40.0. The van der Waals surface area contributed by atoms with Crippen LogP contribution in [0.15, 0.2) is 99.9 Å². The zero-order valence-electron chi connectivity index (χ0n) is 21.3. The maximum atomic E-state index is 15.6. The van der Waals surface area contributed by atoms with E-state index in [2.05, 4.69) is 36.8 Å². The fourth-order valence-corrected chi connectivity index (χ4v) is 6.24. The molecule has 2 atom stereocenters. The predicted molar refractivity (Wildman–Crippen MR) is 161 cm³/mol. The van der Waals surface area contributed by atoms with Crippen molar-refractivity contribution < 1.29 is 18.6 Å². The molecule has 0 fully saturated rings. The van der Waals surface area contributed by atoms with Crippen molar-refractivity contribution >= 4 is 42.8 Å². The first-order valence-corrected chi connectivity index (χ1v) is 14.5. The SMILES string of the molecule is O[C@@H]1CO[C@H](c2ccc(Br)cc2F)c2c(-c3[nH]c4ccccc4c3-c3ccc(Br)cc3F)nn(-c3ccccc3)c21. The Morgan fingerprint density at radius 1 is 0.878 bits per heavy atom.